The van der Waals surface area contributed by atoms with E-state index in [4.69, 9.17) is 0 Å². The Morgan fingerprint density at radius 2 is 2.16 bits per heavy atom. The summed E-state index contributed by atoms with van der Waals surface area (Å²) in [6.07, 6.45) is 1.65. The first-order valence-corrected chi connectivity index (χ1v) is 5.69. The Balaban J connectivity index is 2.18. The number of aromatic nitrogens is 1. The van der Waals surface area contributed by atoms with E-state index < -0.39 is 10.7 Å². The topological polar surface area (TPSA) is 68.1 Å². The Morgan fingerprint density at radius 1 is 1.37 bits per heavy atom. The molecule has 0 saturated carbocycles. The minimum Gasteiger partial charge on any atom is -0.375 e. The van der Waals surface area contributed by atoms with Crippen molar-refractivity contribution in [2.24, 2.45) is 0 Å². The Hall–Kier alpha value is -2.50. The summed E-state index contributed by atoms with van der Waals surface area (Å²) in [4.78, 5) is 14.0. The summed E-state index contributed by atoms with van der Waals surface area (Å²) in [5, 5.41) is 13.4. The fourth-order valence-electron chi connectivity index (χ4n) is 1.67. The molecule has 0 aliphatic rings. The van der Waals surface area contributed by atoms with E-state index in [1.54, 1.807) is 12.3 Å². The van der Waals surface area contributed by atoms with Crippen LogP contribution in [0.2, 0.25) is 0 Å². The number of rotatable bonds is 4. The van der Waals surface area contributed by atoms with Gasteiger partial charge in [0.1, 0.15) is 0 Å². The average molecular weight is 261 g/mol. The van der Waals surface area contributed by atoms with Crippen molar-refractivity contribution in [3.63, 3.8) is 0 Å². The molecule has 0 bridgehead atoms. The summed E-state index contributed by atoms with van der Waals surface area (Å²) in [7, 11) is 0. The molecule has 0 aliphatic heterocycles. The summed E-state index contributed by atoms with van der Waals surface area (Å²) in [5.74, 6) is -0.656. The first-order chi connectivity index (χ1) is 9.08. The molecule has 6 heteroatoms. The summed E-state index contributed by atoms with van der Waals surface area (Å²) < 4.78 is 13.7. The maximum absolute atomic E-state index is 13.7. The Bertz CT molecular complexity index is 590. The third-order valence-corrected chi connectivity index (χ3v) is 2.67. The van der Waals surface area contributed by atoms with Crippen LogP contribution >= 0.6 is 0 Å². The summed E-state index contributed by atoms with van der Waals surface area (Å²) in [6, 6.07) is 8.77. The van der Waals surface area contributed by atoms with E-state index >= 15 is 0 Å². The molecular formula is C13H12FN3O2. The second-order valence-electron chi connectivity index (χ2n) is 4.04. The molecule has 1 aromatic carbocycles. The van der Waals surface area contributed by atoms with Crippen molar-refractivity contribution in [2.75, 3.05) is 5.32 Å². The van der Waals surface area contributed by atoms with Crippen LogP contribution in [-0.4, -0.2) is 9.91 Å². The van der Waals surface area contributed by atoms with Crippen LogP contribution in [0.3, 0.4) is 0 Å². The van der Waals surface area contributed by atoms with Crippen molar-refractivity contribution >= 4 is 11.4 Å². The molecule has 0 aliphatic carbocycles. The number of anilines is 1. The maximum Gasteiger partial charge on any atom is 0.272 e. The standard InChI is InChI=1S/C13H12FN3O2/c1-9(12-4-2-3-7-15-12)16-13-6-5-10(17(18)19)8-11(13)14/h2-9,16H,1H3. The molecule has 0 spiro atoms. The zero-order chi connectivity index (χ0) is 13.8. The quantitative estimate of drug-likeness (QED) is 0.677. The van der Waals surface area contributed by atoms with Crippen LogP contribution < -0.4 is 5.32 Å². The highest BCUT2D eigenvalue weighted by Gasteiger charge is 2.13. The smallest absolute Gasteiger partial charge is 0.272 e. The van der Waals surface area contributed by atoms with Crippen LogP contribution in [0.25, 0.3) is 0 Å². The number of pyridine rings is 1. The predicted octanol–water partition coefficient (Wildman–Crippen LogP) is 3.30. The summed E-state index contributed by atoms with van der Waals surface area (Å²) in [5.41, 5.74) is 0.706. The lowest BCUT2D eigenvalue weighted by Crippen LogP contribution is -2.09. The minimum atomic E-state index is -0.656. The van der Waals surface area contributed by atoms with Gasteiger partial charge in [0.2, 0.25) is 0 Å². The molecule has 5 nitrogen and oxygen atoms in total. The van der Waals surface area contributed by atoms with E-state index in [9.17, 15) is 14.5 Å². The lowest BCUT2D eigenvalue weighted by molar-refractivity contribution is -0.385. The van der Waals surface area contributed by atoms with Crippen LogP contribution in [-0.2, 0) is 0 Å². The lowest BCUT2D eigenvalue weighted by atomic mass is 10.2. The van der Waals surface area contributed by atoms with Gasteiger partial charge in [-0.05, 0) is 25.1 Å². The van der Waals surface area contributed by atoms with Gasteiger partial charge in [-0.15, -0.1) is 0 Å². The molecule has 0 fully saturated rings. The number of nitro benzene ring substituents is 1. The van der Waals surface area contributed by atoms with Gasteiger partial charge in [0.25, 0.3) is 5.69 Å². The van der Waals surface area contributed by atoms with Gasteiger partial charge in [-0.1, -0.05) is 6.07 Å². The fourth-order valence-corrected chi connectivity index (χ4v) is 1.67. The number of benzene rings is 1. The largest absolute Gasteiger partial charge is 0.375 e. The van der Waals surface area contributed by atoms with Crippen molar-refractivity contribution in [3.05, 3.63) is 64.2 Å². The van der Waals surface area contributed by atoms with Gasteiger partial charge in [-0.2, -0.15) is 0 Å². The van der Waals surface area contributed by atoms with E-state index in [1.807, 2.05) is 19.1 Å². The molecule has 0 saturated heterocycles. The molecule has 98 valence electrons. The predicted molar refractivity (Wildman–Crippen MR) is 69.3 cm³/mol. The van der Waals surface area contributed by atoms with Crippen molar-refractivity contribution in [3.8, 4) is 0 Å². The zero-order valence-corrected chi connectivity index (χ0v) is 10.2. The van der Waals surface area contributed by atoms with Gasteiger partial charge >= 0.3 is 0 Å². The highest BCUT2D eigenvalue weighted by atomic mass is 19.1. The first kappa shape index (κ1) is 12.9. The number of hydrogen-bond acceptors (Lipinski definition) is 4. The van der Waals surface area contributed by atoms with Gasteiger partial charge < -0.3 is 5.32 Å². The number of non-ortho nitro benzene ring substituents is 1. The zero-order valence-electron chi connectivity index (χ0n) is 10.2. The molecule has 19 heavy (non-hydrogen) atoms. The van der Waals surface area contributed by atoms with Crippen molar-refractivity contribution < 1.29 is 9.31 Å². The Labute approximate surface area is 109 Å². The number of hydrogen-bond donors (Lipinski definition) is 1. The van der Waals surface area contributed by atoms with Gasteiger partial charge in [-0.3, -0.25) is 15.1 Å². The second kappa shape index (κ2) is 5.43. The van der Waals surface area contributed by atoms with Gasteiger partial charge in [0.05, 0.1) is 28.4 Å². The molecule has 1 aromatic heterocycles. The molecule has 1 atom stereocenters. The molecule has 0 amide bonds. The SMILES string of the molecule is CC(Nc1ccc([N+](=O)[O-])cc1F)c1ccccn1. The number of halogens is 1. The Kier molecular flexibility index (Phi) is 3.70. The number of nitrogens with zero attached hydrogens (tertiary/aromatic N) is 2. The molecule has 1 N–H and O–H groups in total. The second-order valence-corrected chi connectivity index (χ2v) is 4.04. The van der Waals surface area contributed by atoms with Gasteiger partial charge in [-0.25, -0.2) is 4.39 Å². The Morgan fingerprint density at radius 3 is 2.74 bits per heavy atom. The molecule has 2 aromatic rings. The van der Waals surface area contributed by atoms with Gasteiger partial charge in [0, 0.05) is 12.3 Å². The van der Waals surface area contributed by atoms with Crippen molar-refractivity contribution in [2.45, 2.75) is 13.0 Å². The lowest BCUT2D eigenvalue weighted by Gasteiger charge is -2.15. The van der Waals surface area contributed by atoms with E-state index in [2.05, 4.69) is 10.3 Å². The summed E-state index contributed by atoms with van der Waals surface area (Å²) in [6.45, 7) is 1.84. The molecular weight excluding hydrogens is 249 g/mol. The average Bonchev–Trinajstić information content (AvgIpc) is 2.41. The highest BCUT2D eigenvalue weighted by molar-refractivity contribution is 5.51. The number of nitrogens with one attached hydrogen (secondary N) is 1. The first-order valence-electron chi connectivity index (χ1n) is 5.69. The molecule has 2 rings (SSSR count). The fraction of sp³-hybridized carbons (Fsp3) is 0.154. The van der Waals surface area contributed by atoms with E-state index in [0.29, 0.717) is 0 Å². The summed E-state index contributed by atoms with van der Waals surface area (Å²) >= 11 is 0. The number of nitro groups is 1. The normalized spacial score (nSPS) is 11.9. The van der Waals surface area contributed by atoms with E-state index in [0.717, 1.165) is 11.8 Å². The minimum absolute atomic E-state index is 0.197. The molecule has 0 radical (unpaired) electrons. The molecule has 1 unspecified atom stereocenters. The van der Waals surface area contributed by atoms with Crippen LogP contribution in [0.1, 0.15) is 18.7 Å². The van der Waals surface area contributed by atoms with Crippen LogP contribution in [0.4, 0.5) is 15.8 Å². The van der Waals surface area contributed by atoms with E-state index in [1.165, 1.54) is 12.1 Å². The van der Waals surface area contributed by atoms with Crippen LogP contribution in [0, 0.1) is 15.9 Å². The third kappa shape index (κ3) is 3.04. The molecule has 1 heterocycles. The van der Waals surface area contributed by atoms with E-state index in [-0.39, 0.29) is 17.4 Å². The van der Waals surface area contributed by atoms with Gasteiger partial charge in [0.15, 0.2) is 5.82 Å². The van der Waals surface area contributed by atoms with Crippen LogP contribution in [0.15, 0.2) is 42.6 Å². The van der Waals surface area contributed by atoms with Crippen molar-refractivity contribution in [1.29, 1.82) is 0 Å². The maximum atomic E-state index is 13.7. The van der Waals surface area contributed by atoms with Crippen molar-refractivity contribution in [1.82, 2.24) is 4.98 Å². The highest BCUT2D eigenvalue weighted by Crippen LogP contribution is 2.24. The van der Waals surface area contributed by atoms with Crippen LogP contribution in [0.5, 0.6) is 0 Å². The monoisotopic (exact) mass is 261 g/mol. The third-order valence-electron chi connectivity index (χ3n) is 2.67.